The van der Waals surface area contributed by atoms with Gasteiger partial charge in [-0.1, -0.05) is 25.5 Å². The monoisotopic (exact) mass is 201 g/mol. The molecule has 1 nitrogen and oxygen atoms in total. The predicted molar refractivity (Wildman–Crippen MR) is 64.5 cm³/mol. The maximum atomic E-state index is 3.48. The van der Waals surface area contributed by atoms with Crippen LogP contribution in [0.1, 0.15) is 34.1 Å². The van der Waals surface area contributed by atoms with Crippen LogP contribution in [0, 0.1) is 0 Å². The summed E-state index contributed by atoms with van der Waals surface area (Å²) < 4.78 is 0. The Morgan fingerprint density at radius 1 is 1.38 bits per heavy atom. The summed E-state index contributed by atoms with van der Waals surface area (Å²) in [7, 11) is 0. The van der Waals surface area contributed by atoms with Gasteiger partial charge >= 0.3 is 0 Å². The van der Waals surface area contributed by atoms with Crippen molar-refractivity contribution in [3.8, 4) is 0 Å². The minimum atomic E-state index is 0.562. The fourth-order valence-corrected chi connectivity index (χ4v) is 2.11. The Morgan fingerprint density at radius 3 is 2.54 bits per heavy atom. The fraction of sp³-hybridized carbons (Fsp3) is 0.818. The Kier molecular flexibility index (Phi) is 8.67. The summed E-state index contributed by atoms with van der Waals surface area (Å²) in [4.78, 5) is 0. The van der Waals surface area contributed by atoms with E-state index in [0.717, 1.165) is 6.54 Å². The van der Waals surface area contributed by atoms with Crippen molar-refractivity contribution in [3.63, 3.8) is 0 Å². The molecule has 0 aliphatic carbocycles. The van der Waals surface area contributed by atoms with Crippen molar-refractivity contribution < 1.29 is 0 Å². The van der Waals surface area contributed by atoms with E-state index in [1.807, 2.05) is 11.8 Å². The van der Waals surface area contributed by atoms with Gasteiger partial charge in [-0.15, -0.1) is 0 Å². The Labute approximate surface area is 87.4 Å². The Morgan fingerprint density at radius 2 is 2.08 bits per heavy atom. The zero-order chi connectivity index (χ0) is 10.1. The van der Waals surface area contributed by atoms with E-state index in [4.69, 9.17) is 0 Å². The molecule has 0 aliphatic rings. The van der Waals surface area contributed by atoms with Crippen LogP contribution in [-0.2, 0) is 0 Å². The number of allylic oxidation sites excluding steroid dienone is 1. The molecule has 1 N–H and O–H groups in total. The molecule has 2 heteroatoms. The molecule has 0 aromatic heterocycles. The zero-order valence-corrected chi connectivity index (χ0v) is 10.2. The van der Waals surface area contributed by atoms with Gasteiger partial charge in [0.05, 0.1) is 0 Å². The first-order valence-corrected chi connectivity index (χ1v) is 6.32. The fourth-order valence-electron chi connectivity index (χ4n) is 1.19. The van der Waals surface area contributed by atoms with Crippen molar-refractivity contribution in [2.45, 2.75) is 40.2 Å². The van der Waals surface area contributed by atoms with E-state index in [0.29, 0.717) is 6.04 Å². The first kappa shape index (κ1) is 13.1. The molecular formula is C11H23NS. The second kappa shape index (κ2) is 8.64. The van der Waals surface area contributed by atoms with Crippen LogP contribution in [0.15, 0.2) is 11.6 Å². The minimum absolute atomic E-state index is 0.562. The molecule has 1 atom stereocenters. The highest BCUT2D eigenvalue weighted by Crippen LogP contribution is 2.07. The quantitative estimate of drug-likeness (QED) is 0.502. The summed E-state index contributed by atoms with van der Waals surface area (Å²) in [6.45, 7) is 9.78. The number of nitrogens with one attached hydrogen (secondary N) is 1. The summed E-state index contributed by atoms with van der Waals surface area (Å²) >= 11 is 2.04. The van der Waals surface area contributed by atoms with E-state index in [9.17, 15) is 0 Å². The molecule has 0 aliphatic heterocycles. The van der Waals surface area contributed by atoms with Gasteiger partial charge in [0.2, 0.25) is 0 Å². The van der Waals surface area contributed by atoms with E-state index in [1.165, 1.54) is 23.5 Å². The number of likely N-dealkylation sites (N-methyl/N-ethyl adjacent to an activating group) is 1. The highest BCUT2D eigenvalue weighted by Gasteiger charge is 2.02. The lowest BCUT2D eigenvalue weighted by atomic mass is 10.2. The van der Waals surface area contributed by atoms with Crippen LogP contribution in [0.2, 0.25) is 0 Å². The van der Waals surface area contributed by atoms with Crippen LogP contribution >= 0.6 is 11.8 Å². The van der Waals surface area contributed by atoms with Gasteiger partial charge in [0, 0.05) is 11.8 Å². The number of hydrogen-bond donors (Lipinski definition) is 1. The third kappa shape index (κ3) is 8.38. The highest BCUT2D eigenvalue weighted by molar-refractivity contribution is 7.99. The van der Waals surface area contributed by atoms with Gasteiger partial charge in [0.15, 0.2) is 0 Å². The molecule has 0 aromatic rings. The van der Waals surface area contributed by atoms with Crippen molar-refractivity contribution in [2.24, 2.45) is 0 Å². The van der Waals surface area contributed by atoms with E-state index >= 15 is 0 Å². The molecule has 0 amide bonds. The molecule has 0 fully saturated rings. The zero-order valence-electron chi connectivity index (χ0n) is 9.39. The SMILES string of the molecule is CCCSCC(C=C(C)C)NCC. The average molecular weight is 201 g/mol. The average Bonchev–Trinajstić information content (AvgIpc) is 2.04. The molecule has 1 unspecified atom stereocenters. The standard InChI is InChI=1S/C11H23NS/c1-5-7-13-9-11(12-6-2)8-10(3)4/h8,11-12H,5-7,9H2,1-4H3. The van der Waals surface area contributed by atoms with Crippen LogP contribution in [0.5, 0.6) is 0 Å². The van der Waals surface area contributed by atoms with Gasteiger partial charge in [0.1, 0.15) is 0 Å². The predicted octanol–water partition coefficient (Wildman–Crippen LogP) is 3.07. The van der Waals surface area contributed by atoms with E-state index in [-0.39, 0.29) is 0 Å². The van der Waals surface area contributed by atoms with Crippen molar-refractivity contribution in [1.29, 1.82) is 0 Å². The summed E-state index contributed by atoms with van der Waals surface area (Å²) in [5, 5.41) is 3.48. The maximum absolute atomic E-state index is 3.48. The lowest BCUT2D eigenvalue weighted by molar-refractivity contribution is 0.664. The molecule has 0 rings (SSSR count). The Balaban J connectivity index is 3.73. The topological polar surface area (TPSA) is 12.0 Å². The second-order valence-corrected chi connectivity index (χ2v) is 4.63. The lowest BCUT2D eigenvalue weighted by Crippen LogP contribution is -2.29. The molecule has 0 radical (unpaired) electrons. The summed E-state index contributed by atoms with van der Waals surface area (Å²) in [6, 6.07) is 0.562. The first-order chi connectivity index (χ1) is 6.20. The maximum Gasteiger partial charge on any atom is 0.0343 e. The number of rotatable bonds is 7. The molecule has 0 aromatic carbocycles. The van der Waals surface area contributed by atoms with Crippen LogP contribution in [0.25, 0.3) is 0 Å². The van der Waals surface area contributed by atoms with E-state index < -0.39 is 0 Å². The van der Waals surface area contributed by atoms with Crippen LogP contribution < -0.4 is 5.32 Å². The van der Waals surface area contributed by atoms with Crippen molar-refractivity contribution in [2.75, 3.05) is 18.1 Å². The summed E-state index contributed by atoms with van der Waals surface area (Å²) in [5.41, 5.74) is 1.41. The van der Waals surface area contributed by atoms with Crippen LogP contribution in [0.3, 0.4) is 0 Å². The Hall–Kier alpha value is 0.0500. The molecule has 0 bridgehead atoms. The smallest absolute Gasteiger partial charge is 0.0343 e. The van der Waals surface area contributed by atoms with Crippen LogP contribution in [-0.4, -0.2) is 24.1 Å². The van der Waals surface area contributed by atoms with Crippen molar-refractivity contribution in [3.05, 3.63) is 11.6 Å². The molecule has 0 saturated heterocycles. The number of thioether (sulfide) groups is 1. The van der Waals surface area contributed by atoms with Gasteiger partial charge in [-0.3, -0.25) is 0 Å². The summed E-state index contributed by atoms with van der Waals surface area (Å²) in [6.07, 6.45) is 3.60. The third-order valence-electron chi connectivity index (χ3n) is 1.65. The van der Waals surface area contributed by atoms with Gasteiger partial charge in [-0.2, -0.15) is 11.8 Å². The molecule has 78 valence electrons. The summed E-state index contributed by atoms with van der Waals surface area (Å²) in [5.74, 6) is 2.48. The molecular weight excluding hydrogens is 178 g/mol. The minimum Gasteiger partial charge on any atom is -0.310 e. The van der Waals surface area contributed by atoms with Crippen molar-refractivity contribution in [1.82, 2.24) is 5.32 Å². The second-order valence-electron chi connectivity index (χ2n) is 3.48. The third-order valence-corrected chi connectivity index (χ3v) is 2.94. The normalized spacial score (nSPS) is 12.6. The van der Waals surface area contributed by atoms with E-state index in [2.05, 4.69) is 39.1 Å². The first-order valence-electron chi connectivity index (χ1n) is 5.16. The van der Waals surface area contributed by atoms with E-state index in [1.54, 1.807) is 0 Å². The van der Waals surface area contributed by atoms with Crippen LogP contribution in [0.4, 0.5) is 0 Å². The van der Waals surface area contributed by atoms with Gasteiger partial charge < -0.3 is 5.32 Å². The molecule has 0 spiro atoms. The number of hydrogen-bond acceptors (Lipinski definition) is 2. The van der Waals surface area contributed by atoms with Gasteiger partial charge in [0.25, 0.3) is 0 Å². The lowest BCUT2D eigenvalue weighted by Gasteiger charge is -2.13. The Bertz CT molecular complexity index is 139. The highest BCUT2D eigenvalue weighted by atomic mass is 32.2. The molecule has 0 saturated carbocycles. The largest absolute Gasteiger partial charge is 0.310 e. The van der Waals surface area contributed by atoms with Crippen molar-refractivity contribution >= 4 is 11.8 Å². The van der Waals surface area contributed by atoms with Gasteiger partial charge in [-0.05, 0) is 32.6 Å². The molecule has 0 heterocycles. The van der Waals surface area contributed by atoms with Gasteiger partial charge in [-0.25, -0.2) is 0 Å². The molecule has 13 heavy (non-hydrogen) atoms.